The minimum atomic E-state index is -0.359. The molecular weight excluding hydrogens is 412 g/mol. The Balaban J connectivity index is 1.44. The van der Waals surface area contributed by atoms with Crippen molar-refractivity contribution in [1.82, 2.24) is 14.6 Å². The average molecular weight is 429 g/mol. The van der Waals surface area contributed by atoms with Gasteiger partial charge >= 0.3 is 0 Å². The van der Waals surface area contributed by atoms with Gasteiger partial charge in [-0.05, 0) is 31.2 Å². The zero-order valence-corrected chi connectivity index (χ0v) is 17.0. The molecule has 4 aromatic rings. The van der Waals surface area contributed by atoms with Crippen molar-refractivity contribution >= 4 is 39.8 Å². The van der Waals surface area contributed by atoms with Crippen LogP contribution < -0.4 is 14.8 Å². The largest absolute Gasteiger partial charge is 0.490 e. The summed E-state index contributed by atoms with van der Waals surface area (Å²) in [6.45, 7) is 2.22. The fourth-order valence-corrected chi connectivity index (χ4v) is 3.66. The van der Waals surface area contributed by atoms with Gasteiger partial charge in [0.1, 0.15) is 0 Å². The van der Waals surface area contributed by atoms with Crippen molar-refractivity contribution in [3.8, 4) is 22.8 Å². The Hall–Kier alpha value is -3.10. The van der Waals surface area contributed by atoms with Gasteiger partial charge in [-0.15, -0.1) is 16.4 Å². The van der Waals surface area contributed by atoms with Crippen molar-refractivity contribution < 1.29 is 14.3 Å². The van der Waals surface area contributed by atoms with E-state index in [-0.39, 0.29) is 18.5 Å². The second-order valence-corrected chi connectivity index (χ2v) is 7.25. The van der Waals surface area contributed by atoms with E-state index < -0.39 is 0 Å². The molecule has 0 bridgehead atoms. The Bertz CT molecular complexity index is 1140. The summed E-state index contributed by atoms with van der Waals surface area (Å²) >= 11 is 7.39. The smallest absolute Gasteiger partial charge is 0.264 e. The number of nitrogens with one attached hydrogen (secondary N) is 1. The van der Waals surface area contributed by atoms with Gasteiger partial charge in [-0.25, -0.2) is 4.52 Å². The summed E-state index contributed by atoms with van der Waals surface area (Å²) in [5.41, 5.74) is 1.83. The number of aromatic nitrogens is 3. The number of amides is 1. The first-order valence-corrected chi connectivity index (χ1v) is 10.1. The number of carbonyl (C=O) groups is 1. The topological polar surface area (TPSA) is 77.8 Å². The molecule has 1 amide bonds. The van der Waals surface area contributed by atoms with Gasteiger partial charge in [0.05, 0.1) is 12.3 Å². The van der Waals surface area contributed by atoms with Crippen molar-refractivity contribution in [3.05, 3.63) is 58.9 Å². The van der Waals surface area contributed by atoms with Gasteiger partial charge in [-0.3, -0.25) is 10.1 Å². The number of hydrogen-bond donors (Lipinski definition) is 1. The molecule has 7 nitrogen and oxygen atoms in total. The van der Waals surface area contributed by atoms with Crippen LogP contribution in [0, 0.1) is 0 Å². The van der Waals surface area contributed by atoms with E-state index in [0.29, 0.717) is 28.1 Å². The average Bonchev–Trinajstić information content (AvgIpc) is 3.28. The Morgan fingerprint density at radius 3 is 2.59 bits per heavy atom. The lowest BCUT2D eigenvalue weighted by atomic mass is 10.2. The maximum atomic E-state index is 12.3. The summed E-state index contributed by atoms with van der Waals surface area (Å²) in [5.74, 6) is 0.964. The summed E-state index contributed by atoms with van der Waals surface area (Å²) in [5, 5.41) is 9.67. The van der Waals surface area contributed by atoms with Crippen molar-refractivity contribution in [2.75, 3.05) is 18.5 Å². The summed E-state index contributed by atoms with van der Waals surface area (Å²) in [6, 6.07) is 14.7. The summed E-state index contributed by atoms with van der Waals surface area (Å²) in [6.07, 6.45) is 0. The lowest BCUT2D eigenvalue weighted by Crippen LogP contribution is -2.21. The van der Waals surface area contributed by atoms with Gasteiger partial charge in [0.25, 0.3) is 11.9 Å². The highest BCUT2D eigenvalue weighted by molar-refractivity contribution is 7.15. The first-order valence-electron chi connectivity index (χ1n) is 8.88. The fraction of sp³-hybridized carbons (Fsp3) is 0.150. The molecule has 0 aliphatic rings. The normalized spacial score (nSPS) is 10.8. The monoisotopic (exact) mass is 428 g/mol. The molecule has 0 aliphatic carbocycles. The molecule has 2 heterocycles. The molecule has 1 N–H and O–H groups in total. The molecule has 0 saturated carbocycles. The number of carbonyl (C=O) groups excluding carboxylic acids is 1. The first-order chi connectivity index (χ1) is 14.1. The highest BCUT2D eigenvalue weighted by Gasteiger charge is 2.14. The molecule has 0 unspecified atom stereocenters. The zero-order valence-electron chi connectivity index (χ0n) is 15.5. The molecule has 4 rings (SSSR count). The Morgan fingerprint density at radius 1 is 1.14 bits per heavy atom. The van der Waals surface area contributed by atoms with Gasteiger partial charge < -0.3 is 9.47 Å². The predicted molar refractivity (Wildman–Crippen MR) is 113 cm³/mol. The summed E-state index contributed by atoms with van der Waals surface area (Å²) < 4.78 is 12.8. The third-order valence-electron chi connectivity index (χ3n) is 3.98. The lowest BCUT2D eigenvalue weighted by Gasteiger charge is -2.10. The van der Waals surface area contributed by atoms with Crippen LogP contribution >= 0.6 is 22.9 Å². The molecule has 0 radical (unpaired) electrons. The molecule has 9 heteroatoms. The third kappa shape index (κ3) is 4.33. The maximum Gasteiger partial charge on any atom is 0.264 e. The Morgan fingerprint density at radius 2 is 1.86 bits per heavy atom. The SMILES string of the molecule is CCOc1ccccc1OCC(=O)Nc1nc2scc(-c3ccc(Cl)cc3)n2n1. The van der Waals surface area contributed by atoms with Crippen LogP contribution in [0.5, 0.6) is 11.5 Å². The quantitative estimate of drug-likeness (QED) is 0.468. The van der Waals surface area contributed by atoms with Crippen LogP contribution in [0.2, 0.25) is 5.02 Å². The van der Waals surface area contributed by atoms with E-state index in [0.717, 1.165) is 11.3 Å². The predicted octanol–water partition coefficient (Wildman–Crippen LogP) is 4.53. The second-order valence-electron chi connectivity index (χ2n) is 5.97. The van der Waals surface area contributed by atoms with Gasteiger partial charge in [-0.2, -0.15) is 4.98 Å². The van der Waals surface area contributed by atoms with Gasteiger partial charge in [0.15, 0.2) is 18.1 Å². The number of fused-ring (bicyclic) bond motifs is 1. The van der Waals surface area contributed by atoms with Crippen LogP contribution in [0.4, 0.5) is 5.95 Å². The van der Waals surface area contributed by atoms with Gasteiger partial charge in [-0.1, -0.05) is 35.9 Å². The molecule has 2 aromatic heterocycles. The van der Waals surface area contributed by atoms with Crippen LogP contribution in [-0.4, -0.2) is 33.7 Å². The van der Waals surface area contributed by atoms with E-state index >= 15 is 0 Å². The van der Waals surface area contributed by atoms with Gasteiger partial charge in [0.2, 0.25) is 4.96 Å². The molecule has 148 valence electrons. The number of ether oxygens (including phenoxy) is 2. The van der Waals surface area contributed by atoms with Crippen LogP contribution in [0.1, 0.15) is 6.92 Å². The van der Waals surface area contributed by atoms with E-state index in [9.17, 15) is 4.79 Å². The molecule has 0 atom stereocenters. The zero-order chi connectivity index (χ0) is 20.2. The van der Waals surface area contributed by atoms with E-state index in [1.807, 2.05) is 48.7 Å². The molecule has 0 fully saturated rings. The number of para-hydroxylation sites is 2. The van der Waals surface area contributed by atoms with Crippen molar-refractivity contribution in [2.45, 2.75) is 6.92 Å². The second kappa shape index (κ2) is 8.50. The molecular formula is C20H17ClN4O3S. The summed E-state index contributed by atoms with van der Waals surface area (Å²) in [4.78, 5) is 17.3. The van der Waals surface area contributed by atoms with E-state index in [2.05, 4.69) is 15.4 Å². The number of benzene rings is 2. The maximum absolute atomic E-state index is 12.3. The summed E-state index contributed by atoms with van der Waals surface area (Å²) in [7, 11) is 0. The highest BCUT2D eigenvalue weighted by Crippen LogP contribution is 2.28. The Labute approximate surface area is 175 Å². The van der Waals surface area contributed by atoms with E-state index in [4.69, 9.17) is 21.1 Å². The number of anilines is 1. The van der Waals surface area contributed by atoms with Crippen molar-refractivity contribution in [2.24, 2.45) is 0 Å². The van der Waals surface area contributed by atoms with Crippen LogP contribution in [0.25, 0.3) is 16.2 Å². The lowest BCUT2D eigenvalue weighted by molar-refractivity contribution is -0.118. The minimum absolute atomic E-state index is 0.180. The first kappa shape index (κ1) is 19.2. The van der Waals surface area contributed by atoms with Crippen LogP contribution in [-0.2, 0) is 4.79 Å². The number of nitrogens with zero attached hydrogens (tertiary/aromatic N) is 3. The molecule has 0 spiro atoms. The van der Waals surface area contributed by atoms with Gasteiger partial charge in [0, 0.05) is 16.0 Å². The standard InChI is InChI=1S/C20H17ClN4O3S/c1-2-27-16-5-3-4-6-17(16)28-11-18(26)22-19-23-20-25(24-19)15(12-29-20)13-7-9-14(21)10-8-13/h3-10,12H,2,11H2,1H3,(H,22,24,26). The van der Waals surface area contributed by atoms with Crippen LogP contribution in [0.15, 0.2) is 53.9 Å². The third-order valence-corrected chi connectivity index (χ3v) is 5.05. The fourth-order valence-electron chi connectivity index (χ4n) is 2.70. The molecule has 2 aromatic carbocycles. The number of thiazole rings is 1. The number of rotatable bonds is 7. The molecule has 0 aliphatic heterocycles. The van der Waals surface area contributed by atoms with E-state index in [1.165, 1.54) is 11.3 Å². The Kier molecular flexibility index (Phi) is 5.64. The van der Waals surface area contributed by atoms with E-state index in [1.54, 1.807) is 16.6 Å². The number of hydrogen-bond acceptors (Lipinski definition) is 6. The van der Waals surface area contributed by atoms with Crippen molar-refractivity contribution in [1.29, 1.82) is 0 Å². The molecule has 29 heavy (non-hydrogen) atoms. The van der Waals surface area contributed by atoms with Crippen molar-refractivity contribution in [3.63, 3.8) is 0 Å². The number of halogens is 1. The molecule has 0 saturated heterocycles. The highest BCUT2D eigenvalue weighted by atomic mass is 35.5. The van der Waals surface area contributed by atoms with Crippen LogP contribution in [0.3, 0.4) is 0 Å². The minimum Gasteiger partial charge on any atom is -0.490 e.